The highest BCUT2D eigenvalue weighted by Crippen LogP contribution is 2.37. The molecule has 2 aromatic rings. The molecule has 6 heteroatoms. The lowest BCUT2D eigenvalue weighted by molar-refractivity contribution is -0.137. The van der Waals surface area contributed by atoms with Crippen LogP contribution in [0.1, 0.15) is 11.3 Å². The second-order valence-corrected chi connectivity index (χ2v) is 4.39. The van der Waals surface area contributed by atoms with Crippen molar-refractivity contribution in [2.24, 2.45) is 0 Å². The Hall–Kier alpha value is -1.62. The normalized spacial score (nSPS) is 11.7. The van der Waals surface area contributed by atoms with Crippen LogP contribution < -0.4 is 0 Å². The Morgan fingerprint density at radius 2 is 1.79 bits per heavy atom. The summed E-state index contributed by atoms with van der Waals surface area (Å²) in [4.78, 5) is 3.82. The molecule has 0 amide bonds. The molecule has 2 rings (SSSR count). The minimum Gasteiger partial charge on any atom is -0.250 e. The highest BCUT2D eigenvalue weighted by atomic mass is 35.5. The van der Waals surface area contributed by atoms with Crippen LogP contribution in [-0.4, -0.2) is 4.98 Å². The van der Waals surface area contributed by atoms with Crippen LogP contribution in [0.15, 0.2) is 30.3 Å². The molecular weight excluding hydrogens is 282 g/mol. The van der Waals surface area contributed by atoms with Gasteiger partial charge in [-0.2, -0.15) is 13.2 Å². The smallest absolute Gasteiger partial charge is 0.250 e. The molecule has 1 nitrogen and oxygen atoms in total. The van der Waals surface area contributed by atoms with Crippen LogP contribution in [0.3, 0.4) is 0 Å². The van der Waals surface area contributed by atoms with Gasteiger partial charge in [-0.05, 0) is 37.3 Å². The SMILES string of the molecule is Cc1nc(-c2cc(Cl)ccc2C(F)(F)F)ccc1F. The monoisotopic (exact) mass is 289 g/mol. The van der Waals surface area contributed by atoms with Gasteiger partial charge >= 0.3 is 6.18 Å². The first-order valence-corrected chi connectivity index (χ1v) is 5.67. The largest absolute Gasteiger partial charge is 0.417 e. The van der Waals surface area contributed by atoms with E-state index in [4.69, 9.17) is 11.6 Å². The molecule has 0 N–H and O–H groups in total. The molecule has 19 heavy (non-hydrogen) atoms. The van der Waals surface area contributed by atoms with Crippen LogP contribution in [0.25, 0.3) is 11.3 Å². The van der Waals surface area contributed by atoms with Crippen molar-refractivity contribution in [3.63, 3.8) is 0 Å². The van der Waals surface area contributed by atoms with Crippen LogP contribution >= 0.6 is 11.6 Å². The first kappa shape index (κ1) is 13.8. The lowest BCUT2D eigenvalue weighted by Gasteiger charge is -2.13. The molecule has 1 heterocycles. The summed E-state index contributed by atoms with van der Waals surface area (Å²) in [6.45, 7) is 1.39. The summed E-state index contributed by atoms with van der Waals surface area (Å²) in [5, 5.41) is 0.159. The summed E-state index contributed by atoms with van der Waals surface area (Å²) in [5.41, 5.74) is -0.946. The first-order chi connectivity index (χ1) is 8.79. The number of aryl methyl sites for hydroxylation is 1. The predicted octanol–water partition coefficient (Wildman–Crippen LogP) is 4.87. The van der Waals surface area contributed by atoms with E-state index in [-0.39, 0.29) is 22.0 Å². The first-order valence-electron chi connectivity index (χ1n) is 5.29. The molecule has 0 aliphatic heterocycles. The van der Waals surface area contributed by atoms with Gasteiger partial charge in [0.1, 0.15) is 5.82 Å². The van der Waals surface area contributed by atoms with Crippen LogP contribution in [0.4, 0.5) is 17.6 Å². The van der Waals surface area contributed by atoms with E-state index in [1.54, 1.807) is 0 Å². The molecule has 1 aromatic heterocycles. The van der Waals surface area contributed by atoms with Gasteiger partial charge in [-0.15, -0.1) is 0 Å². The molecule has 0 radical (unpaired) electrons. The summed E-state index contributed by atoms with van der Waals surface area (Å²) in [5.74, 6) is -0.570. The third-order valence-electron chi connectivity index (χ3n) is 2.58. The fraction of sp³-hybridized carbons (Fsp3) is 0.154. The number of halogens is 5. The van der Waals surface area contributed by atoms with Crippen molar-refractivity contribution >= 4 is 11.6 Å². The Bertz CT molecular complexity index is 623. The van der Waals surface area contributed by atoms with Gasteiger partial charge < -0.3 is 0 Å². The molecule has 0 saturated heterocycles. The fourth-order valence-electron chi connectivity index (χ4n) is 1.67. The average Bonchev–Trinajstić information content (AvgIpc) is 2.31. The molecule has 0 atom stereocenters. The number of pyridine rings is 1. The zero-order chi connectivity index (χ0) is 14.2. The highest BCUT2D eigenvalue weighted by molar-refractivity contribution is 6.30. The Balaban J connectivity index is 2.66. The molecule has 0 aliphatic carbocycles. The number of alkyl halides is 3. The summed E-state index contributed by atoms with van der Waals surface area (Å²) >= 11 is 5.72. The maximum absolute atomic E-state index is 13.1. The lowest BCUT2D eigenvalue weighted by atomic mass is 10.0. The number of hydrogen-bond acceptors (Lipinski definition) is 1. The fourth-order valence-corrected chi connectivity index (χ4v) is 1.84. The van der Waals surface area contributed by atoms with Gasteiger partial charge in [0.15, 0.2) is 0 Å². The van der Waals surface area contributed by atoms with Crippen molar-refractivity contribution < 1.29 is 17.6 Å². The van der Waals surface area contributed by atoms with E-state index in [9.17, 15) is 17.6 Å². The van der Waals surface area contributed by atoms with Gasteiger partial charge in [0.05, 0.1) is 17.0 Å². The van der Waals surface area contributed by atoms with E-state index in [1.807, 2.05) is 0 Å². The molecule has 0 fully saturated rings. The van der Waals surface area contributed by atoms with E-state index in [2.05, 4.69) is 4.98 Å². The average molecular weight is 290 g/mol. The maximum Gasteiger partial charge on any atom is 0.417 e. The van der Waals surface area contributed by atoms with Gasteiger partial charge in [-0.25, -0.2) is 4.39 Å². The molecule has 100 valence electrons. The molecule has 0 bridgehead atoms. The van der Waals surface area contributed by atoms with Crippen LogP contribution in [0.5, 0.6) is 0 Å². The number of nitrogens with zero attached hydrogens (tertiary/aromatic N) is 1. The third kappa shape index (κ3) is 2.87. The maximum atomic E-state index is 13.1. The van der Waals surface area contributed by atoms with Gasteiger partial charge in [0.2, 0.25) is 0 Å². The van der Waals surface area contributed by atoms with E-state index in [1.165, 1.54) is 19.1 Å². The van der Waals surface area contributed by atoms with Gasteiger partial charge in [-0.3, -0.25) is 4.98 Å². The molecule has 0 unspecified atom stereocenters. The van der Waals surface area contributed by atoms with Crippen molar-refractivity contribution in [1.82, 2.24) is 4.98 Å². The standard InChI is InChI=1S/C13H8ClF4N/c1-7-11(15)4-5-12(19-7)9-6-8(14)2-3-10(9)13(16,17)18/h2-6H,1H3. The van der Waals surface area contributed by atoms with Crippen LogP contribution in [0, 0.1) is 12.7 Å². The van der Waals surface area contributed by atoms with Crippen molar-refractivity contribution in [3.8, 4) is 11.3 Å². The summed E-state index contributed by atoms with van der Waals surface area (Å²) in [7, 11) is 0. The van der Waals surface area contributed by atoms with E-state index in [0.717, 1.165) is 18.2 Å². The predicted molar refractivity (Wildman–Crippen MR) is 64.4 cm³/mol. The van der Waals surface area contributed by atoms with E-state index in [0.29, 0.717) is 0 Å². The van der Waals surface area contributed by atoms with Crippen LogP contribution in [-0.2, 0) is 6.18 Å². The van der Waals surface area contributed by atoms with Gasteiger partial charge in [0.25, 0.3) is 0 Å². The van der Waals surface area contributed by atoms with Gasteiger partial charge in [-0.1, -0.05) is 11.6 Å². The minimum absolute atomic E-state index is 0.0330. The topological polar surface area (TPSA) is 12.9 Å². The number of benzene rings is 1. The van der Waals surface area contributed by atoms with Crippen molar-refractivity contribution in [2.75, 3.05) is 0 Å². The Kier molecular flexibility index (Phi) is 3.49. The number of rotatable bonds is 1. The molecule has 0 saturated carbocycles. The zero-order valence-electron chi connectivity index (χ0n) is 9.72. The van der Waals surface area contributed by atoms with E-state index < -0.39 is 17.6 Å². The zero-order valence-corrected chi connectivity index (χ0v) is 10.5. The second kappa shape index (κ2) is 4.81. The van der Waals surface area contributed by atoms with Crippen molar-refractivity contribution in [2.45, 2.75) is 13.1 Å². The molecule has 0 aliphatic rings. The second-order valence-electron chi connectivity index (χ2n) is 3.95. The Morgan fingerprint density at radius 1 is 1.11 bits per heavy atom. The highest BCUT2D eigenvalue weighted by Gasteiger charge is 2.34. The Morgan fingerprint density at radius 3 is 2.37 bits per heavy atom. The molecule has 0 spiro atoms. The summed E-state index contributed by atoms with van der Waals surface area (Å²) in [6, 6.07) is 5.49. The number of hydrogen-bond donors (Lipinski definition) is 0. The lowest BCUT2D eigenvalue weighted by Crippen LogP contribution is -2.07. The van der Waals surface area contributed by atoms with Crippen molar-refractivity contribution in [3.05, 3.63) is 52.4 Å². The Labute approximate surface area is 111 Å². The van der Waals surface area contributed by atoms with Crippen LogP contribution in [0.2, 0.25) is 5.02 Å². The molecular formula is C13H8ClF4N. The quantitative estimate of drug-likeness (QED) is 0.683. The summed E-state index contributed by atoms with van der Waals surface area (Å²) < 4.78 is 51.8. The summed E-state index contributed by atoms with van der Waals surface area (Å²) in [6.07, 6.45) is -4.52. The molecule has 1 aromatic carbocycles. The van der Waals surface area contributed by atoms with Gasteiger partial charge in [0, 0.05) is 10.6 Å². The van der Waals surface area contributed by atoms with E-state index >= 15 is 0 Å². The minimum atomic E-state index is -4.52. The number of aromatic nitrogens is 1. The third-order valence-corrected chi connectivity index (χ3v) is 2.82. The van der Waals surface area contributed by atoms with Crippen molar-refractivity contribution in [1.29, 1.82) is 0 Å².